The van der Waals surface area contributed by atoms with Crippen LogP contribution < -0.4 is 24.8 Å². The predicted molar refractivity (Wildman–Crippen MR) is 190 cm³/mol. The minimum absolute atomic E-state index is 0.0946. The summed E-state index contributed by atoms with van der Waals surface area (Å²) in [5.41, 5.74) is 3.14. The zero-order valence-corrected chi connectivity index (χ0v) is 28.1. The Balaban J connectivity index is 1.15. The van der Waals surface area contributed by atoms with Crippen molar-refractivity contribution in [3.8, 4) is 17.4 Å². The number of fused-ring (bicyclic) bond motifs is 1. The van der Waals surface area contributed by atoms with Crippen molar-refractivity contribution < 1.29 is 33.3 Å². The smallest absolute Gasteiger partial charge is 0.339 e. The third-order valence-corrected chi connectivity index (χ3v) is 8.56. The number of aromatic nitrogens is 1. The van der Waals surface area contributed by atoms with E-state index < -0.39 is 12.0 Å². The number of hydrogen-bond donors (Lipinski definition) is 2. The van der Waals surface area contributed by atoms with Gasteiger partial charge in [0.25, 0.3) is 0 Å². The highest BCUT2D eigenvalue weighted by Gasteiger charge is 2.37. The lowest BCUT2D eigenvalue weighted by Gasteiger charge is -2.24. The average molecular weight is 675 g/mol. The van der Waals surface area contributed by atoms with Crippen LogP contribution in [-0.4, -0.2) is 67.3 Å². The highest BCUT2D eigenvalue weighted by molar-refractivity contribution is 6.01. The molecule has 5 aromatic rings. The van der Waals surface area contributed by atoms with Gasteiger partial charge in [0, 0.05) is 24.4 Å². The SMILES string of the molecule is COC(=O)c1ccc(OC[C@@H]2C[C@H](Oc3ccc4ccccc4c3)CN2C(=O)Cc2ccc(NC(=O)Nc3ccccc3C)c(OC)c2)nc1. The molecule has 4 aromatic carbocycles. The Kier molecular flexibility index (Phi) is 10.4. The molecule has 11 heteroatoms. The number of para-hydroxylation sites is 1. The molecule has 256 valence electrons. The normalized spacial score (nSPS) is 15.3. The molecular formula is C39H38N4O7. The van der Waals surface area contributed by atoms with E-state index in [1.165, 1.54) is 20.4 Å². The predicted octanol–water partition coefficient (Wildman–Crippen LogP) is 6.65. The van der Waals surface area contributed by atoms with Crippen molar-refractivity contribution in [3.63, 3.8) is 0 Å². The Labute approximate surface area is 290 Å². The number of ether oxygens (including phenoxy) is 4. The summed E-state index contributed by atoms with van der Waals surface area (Å²) in [5.74, 6) is 0.870. The lowest BCUT2D eigenvalue weighted by atomic mass is 10.1. The molecule has 2 N–H and O–H groups in total. The summed E-state index contributed by atoms with van der Waals surface area (Å²) in [6.07, 6.45) is 1.76. The summed E-state index contributed by atoms with van der Waals surface area (Å²) < 4.78 is 22.7. The molecule has 50 heavy (non-hydrogen) atoms. The maximum atomic E-state index is 13.9. The molecule has 1 aliphatic heterocycles. The Hall–Kier alpha value is -6.10. The minimum Gasteiger partial charge on any atom is -0.495 e. The van der Waals surface area contributed by atoms with Crippen LogP contribution in [0.15, 0.2) is 103 Å². The van der Waals surface area contributed by atoms with Crippen LogP contribution in [0.3, 0.4) is 0 Å². The van der Waals surface area contributed by atoms with E-state index in [9.17, 15) is 14.4 Å². The molecular weight excluding hydrogens is 636 g/mol. The summed E-state index contributed by atoms with van der Waals surface area (Å²) in [6.45, 7) is 2.46. The van der Waals surface area contributed by atoms with Gasteiger partial charge in [-0.25, -0.2) is 14.6 Å². The number of nitrogens with one attached hydrogen (secondary N) is 2. The number of rotatable bonds is 11. The molecule has 0 radical (unpaired) electrons. The monoisotopic (exact) mass is 674 g/mol. The van der Waals surface area contributed by atoms with E-state index in [-0.39, 0.29) is 31.1 Å². The van der Waals surface area contributed by atoms with Crippen LogP contribution in [0.2, 0.25) is 0 Å². The first-order valence-corrected chi connectivity index (χ1v) is 16.2. The van der Waals surface area contributed by atoms with E-state index >= 15 is 0 Å². The summed E-state index contributed by atoms with van der Waals surface area (Å²) in [6, 6.07) is 29.2. The van der Waals surface area contributed by atoms with Crippen LogP contribution in [0.4, 0.5) is 16.2 Å². The molecule has 1 aliphatic rings. The number of aryl methyl sites for hydroxylation is 1. The molecule has 6 rings (SSSR count). The van der Waals surface area contributed by atoms with Gasteiger partial charge in [0.1, 0.15) is 24.2 Å². The molecule has 2 heterocycles. The molecule has 0 unspecified atom stereocenters. The van der Waals surface area contributed by atoms with Crippen molar-refractivity contribution in [1.29, 1.82) is 0 Å². The fourth-order valence-corrected chi connectivity index (χ4v) is 5.96. The van der Waals surface area contributed by atoms with Crippen molar-refractivity contribution in [2.45, 2.75) is 31.9 Å². The van der Waals surface area contributed by atoms with Crippen LogP contribution in [-0.2, 0) is 16.0 Å². The molecule has 2 atom stereocenters. The molecule has 3 amide bonds. The number of hydrogen-bond acceptors (Lipinski definition) is 8. The second kappa shape index (κ2) is 15.4. The molecule has 0 aliphatic carbocycles. The van der Waals surface area contributed by atoms with Crippen molar-refractivity contribution in [3.05, 3.63) is 120 Å². The summed E-state index contributed by atoms with van der Waals surface area (Å²) in [5, 5.41) is 7.86. The fourth-order valence-electron chi connectivity index (χ4n) is 5.96. The average Bonchev–Trinajstić information content (AvgIpc) is 3.54. The molecule has 1 fully saturated rings. The number of methoxy groups -OCH3 is 2. The summed E-state index contributed by atoms with van der Waals surface area (Å²) in [7, 11) is 2.82. The number of anilines is 2. The summed E-state index contributed by atoms with van der Waals surface area (Å²) in [4.78, 5) is 44.4. The van der Waals surface area contributed by atoms with Gasteiger partial charge in [0.2, 0.25) is 11.8 Å². The van der Waals surface area contributed by atoms with E-state index in [1.807, 2.05) is 73.7 Å². The van der Waals surface area contributed by atoms with Gasteiger partial charge in [0.15, 0.2) is 0 Å². The van der Waals surface area contributed by atoms with Crippen LogP contribution in [0.1, 0.15) is 27.9 Å². The molecule has 11 nitrogen and oxygen atoms in total. The lowest BCUT2D eigenvalue weighted by molar-refractivity contribution is -0.132. The van der Waals surface area contributed by atoms with Crippen LogP contribution >= 0.6 is 0 Å². The van der Waals surface area contributed by atoms with Crippen LogP contribution in [0.5, 0.6) is 17.4 Å². The number of carbonyl (C=O) groups is 3. The van der Waals surface area contributed by atoms with Gasteiger partial charge in [-0.1, -0.05) is 54.6 Å². The third kappa shape index (κ3) is 8.12. The van der Waals surface area contributed by atoms with E-state index in [1.54, 1.807) is 35.2 Å². The number of nitrogens with zero attached hydrogens (tertiary/aromatic N) is 2. The maximum absolute atomic E-state index is 13.9. The van der Waals surface area contributed by atoms with E-state index in [4.69, 9.17) is 18.9 Å². The van der Waals surface area contributed by atoms with Gasteiger partial charge in [0.05, 0.1) is 44.5 Å². The molecule has 0 saturated carbocycles. The number of pyridine rings is 1. The van der Waals surface area contributed by atoms with Gasteiger partial charge in [-0.2, -0.15) is 0 Å². The summed E-state index contributed by atoms with van der Waals surface area (Å²) >= 11 is 0. The first-order valence-electron chi connectivity index (χ1n) is 16.2. The largest absolute Gasteiger partial charge is 0.495 e. The fraction of sp³-hybridized carbons (Fsp3) is 0.231. The second-order valence-electron chi connectivity index (χ2n) is 12.0. The Morgan fingerprint density at radius 3 is 2.40 bits per heavy atom. The minimum atomic E-state index is -0.490. The standard InChI is InChI=1S/C39H38N4O7/c1-25-8-4-7-11-33(25)41-39(46)42-34-16-12-26(18-35(34)47-2)19-37(44)43-23-32(50-31-15-13-27-9-5-6-10-28(27)20-31)21-30(43)24-49-36-17-14-29(22-40-36)38(45)48-3/h4-18,20,22,30,32H,19,21,23-24H2,1-3H3,(H2,41,42,46)/t30-,32-/m0/s1. The first-order chi connectivity index (χ1) is 24.3. The van der Waals surface area contributed by atoms with Gasteiger partial charge in [-0.15, -0.1) is 0 Å². The second-order valence-corrected chi connectivity index (χ2v) is 12.0. The number of benzene rings is 4. The molecule has 0 bridgehead atoms. The zero-order chi connectivity index (χ0) is 35.0. The van der Waals surface area contributed by atoms with Gasteiger partial charge in [-0.3, -0.25) is 4.79 Å². The Morgan fingerprint density at radius 1 is 0.860 bits per heavy atom. The molecule has 1 saturated heterocycles. The van der Waals surface area contributed by atoms with Crippen LogP contribution in [0, 0.1) is 6.92 Å². The van der Waals surface area contributed by atoms with Crippen molar-refractivity contribution >= 4 is 40.1 Å². The van der Waals surface area contributed by atoms with E-state index in [0.29, 0.717) is 41.5 Å². The number of urea groups is 1. The third-order valence-electron chi connectivity index (χ3n) is 8.56. The van der Waals surface area contributed by atoms with Gasteiger partial charge < -0.3 is 34.5 Å². The number of esters is 1. The van der Waals surface area contributed by atoms with Crippen LogP contribution in [0.25, 0.3) is 10.8 Å². The first kappa shape index (κ1) is 33.8. The Morgan fingerprint density at radius 2 is 1.64 bits per heavy atom. The number of amides is 3. The lowest BCUT2D eigenvalue weighted by Crippen LogP contribution is -2.40. The highest BCUT2D eigenvalue weighted by Crippen LogP contribution is 2.30. The van der Waals surface area contributed by atoms with E-state index in [2.05, 4.69) is 15.6 Å². The highest BCUT2D eigenvalue weighted by atomic mass is 16.5. The number of likely N-dealkylation sites (tertiary alicyclic amines) is 1. The van der Waals surface area contributed by atoms with E-state index in [0.717, 1.165) is 27.6 Å². The number of carbonyl (C=O) groups excluding carboxylic acids is 3. The molecule has 1 aromatic heterocycles. The Bertz CT molecular complexity index is 2000. The van der Waals surface area contributed by atoms with Crippen molar-refractivity contribution in [2.24, 2.45) is 0 Å². The maximum Gasteiger partial charge on any atom is 0.339 e. The van der Waals surface area contributed by atoms with Gasteiger partial charge in [-0.05, 0) is 65.2 Å². The van der Waals surface area contributed by atoms with Gasteiger partial charge >= 0.3 is 12.0 Å². The van der Waals surface area contributed by atoms with Crippen molar-refractivity contribution in [2.75, 3.05) is 38.0 Å². The quantitative estimate of drug-likeness (QED) is 0.149. The van der Waals surface area contributed by atoms with Crippen molar-refractivity contribution in [1.82, 2.24) is 9.88 Å². The zero-order valence-electron chi connectivity index (χ0n) is 28.1. The molecule has 0 spiro atoms. The topological polar surface area (TPSA) is 128 Å².